The number of carbonyl (C=O) groups excluding carboxylic acids is 1. The van der Waals surface area contributed by atoms with Crippen LogP contribution in [0.2, 0.25) is 0 Å². The van der Waals surface area contributed by atoms with Gasteiger partial charge in [0.1, 0.15) is 11.8 Å². The number of hydrogen-bond donors (Lipinski definition) is 3. The summed E-state index contributed by atoms with van der Waals surface area (Å²) in [6, 6.07) is -2.91. The van der Waals surface area contributed by atoms with Gasteiger partial charge in [0.25, 0.3) is 16.0 Å². The van der Waals surface area contributed by atoms with Crippen molar-refractivity contribution in [2.45, 2.75) is 12.2 Å². The first-order valence-corrected chi connectivity index (χ1v) is 11.9. The molecule has 0 saturated heterocycles. The SMILES string of the molecule is O=C(O)c1c(I)c(I)c(I)c(I)c1C(=O)NC(CS(=O)(=O)O)C(F)(F)F. The highest BCUT2D eigenvalue weighted by molar-refractivity contribution is 14.1. The molecule has 1 unspecified atom stereocenters. The van der Waals surface area contributed by atoms with Crippen molar-refractivity contribution < 1.29 is 40.8 Å². The van der Waals surface area contributed by atoms with E-state index in [-0.39, 0.29) is 7.14 Å². The minimum absolute atomic E-state index is 0.107. The van der Waals surface area contributed by atoms with E-state index in [0.29, 0.717) is 7.14 Å². The summed E-state index contributed by atoms with van der Waals surface area (Å²) in [5.41, 5.74) is -1.01. The van der Waals surface area contributed by atoms with Gasteiger partial charge in [-0.3, -0.25) is 9.35 Å². The molecule has 146 valence electrons. The topological polar surface area (TPSA) is 121 Å². The molecule has 1 aromatic rings. The molecular formula is C11H6F3I4NO6S. The van der Waals surface area contributed by atoms with Gasteiger partial charge >= 0.3 is 12.1 Å². The minimum Gasteiger partial charge on any atom is -0.478 e. The van der Waals surface area contributed by atoms with Gasteiger partial charge in [0.2, 0.25) is 0 Å². The van der Waals surface area contributed by atoms with E-state index >= 15 is 0 Å². The molecule has 0 saturated carbocycles. The predicted molar refractivity (Wildman–Crippen MR) is 118 cm³/mol. The summed E-state index contributed by atoms with van der Waals surface area (Å²) in [6.45, 7) is 0. The van der Waals surface area contributed by atoms with Gasteiger partial charge in [0.05, 0.1) is 11.1 Å². The lowest BCUT2D eigenvalue weighted by atomic mass is 10.1. The van der Waals surface area contributed by atoms with Crippen LogP contribution in [0.3, 0.4) is 0 Å². The second-order valence-electron chi connectivity index (χ2n) is 4.63. The lowest BCUT2D eigenvalue weighted by molar-refractivity contribution is -0.148. The molecule has 1 aromatic carbocycles. The largest absolute Gasteiger partial charge is 0.478 e. The van der Waals surface area contributed by atoms with Gasteiger partial charge in [-0.25, -0.2) is 4.79 Å². The van der Waals surface area contributed by atoms with Crippen LogP contribution in [0.5, 0.6) is 0 Å². The van der Waals surface area contributed by atoms with Crippen LogP contribution < -0.4 is 5.32 Å². The van der Waals surface area contributed by atoms with Crippen LogP contribution in [0, 0.1) is 14.3 Å². The molecule has 0 radical (unpaired) electrons. The van der Waals surface area contributed by atoms with Crippen LogP contribution in [0.1, 0.15) is 20.7 Å². The first-order chi connectivity index (χ1) is 11.6. The molecule has 3 N–H and O–H groups in total. The zero-order valence-electron chi connectivity index (χ0n) is 11.9. The van der Waals surface area contributed by atoms with E-state index in [0.717, 1.165) is 0 Å². The van der Waals surface area contributed by atoms with Gasteiger partial charge in [0.15, 0.2) is 0 Å². The zero-order valence-corrected chi connectivity index (χ0v) is 21.3. The molecule has 26 heavy (non-hydrogen) atoms. The number of carboxylic acids is 1. The summed E-state index contributed by atoms with van der Waals surface area (Å²) in [5, 5.41) is 10.8. The number of carboxylic acid groups (broad SMARTS) is 1. The number of amides is 1. The molecule has 0 aliphatic heterocycles. The number of alkyl halides is 3. The van der Waals surface area contributed by atoms with Crippen LogP contribution in [0.4, 0.5) is 13.2 Å². The third-order valence-electron chi connectivity index (χ3n) is 2.79. The fourth-order valence-electron chi connectivity index (χ4n) is 1.70. The maximum Gasteiger partial charge on any atom is 0.409 e. The van der Waals surface area contributed by atoms with E-state index in [2.05, 4.69) is 0 Å². The van der Waals surface area contributed by atoms with Crippen molar-refractivity contribution in [1.29, 1.82) is 0 Å². The summed E-state index contributed by atoms with van der Waals surface area (Å²) in [6.07, 6.45) is -5.18. The van der Waals surface area contributed by atoms with E-state index < -0.39 is 51.1 Å². The molecule has 0 aliphatic carbocycles. The van der Waals surface area contributed by atoms with Gasteiger partial charge < -0.3 is 10.4 Å². The fraction of sp³-hybridized carbons (Fsp3) is 0.273. The highest BCUT2D eigenvalue weighted by Gasteiger charge is 2.44. The summed E-state index contributed by atoms with van der Waals surface area (Å²) >= 11 is 6.94. The van der Waals surface area contributed by atoms with Crippen LogP contribution in [0.15, 0.2) is 0 Å². The molecule has 0 fully saturated rings. The Hall–Kier alpha value is 0.780. The molecule has 1 rings (SSSR count). The number of hydrogen-bond acceptors (Lipinski definition) is 4. The Balaban J connectivity index is 3.51. The smallest absolute Gasteiger partial charge is 0.409 e. The maximum atomic E-state index is 13.0. The second kappa shape index (κ2) is 9.07. The lowest BCUT2D eigenvalue weighted by Gasteiger charge is -2.22. The molecule has 15 heteroatoms. The van der Waals surface area contributed by atoms with Crippen LogP contribution in [-0.2, 0) is 10.1 Å². The van der Waals surface area contributed by atoms with Crippen LogP contribution in [0.25, 0.3) is 0 Å². The molecule has 7 nitrogen and oxygen atoms in total. The summed E-state index contributed by atoms with van der Waals surface area (Å²) < 4.78 is 70.5. The van der Waals surface area contributed by atoms with Gasteiger partial charge in [-0.05, 0) is 90.4 Å². The third-order valence-corrected chi connectivity index (χ3v) is 11.0. The van der Waals surface area contributed by atoms with Gasteiger partial charge in [-0.2, -0.15) is 21.6 Å². The Bertz CT molecular complexity index is 874. The Morgan fingerprint density at radius 3 is 1.77 bits per heavy atom. The van der Waals surface area contributed by atoms with Crippen molar-refractivity contribution >= 4 is 112 Å². The Kier molecular flexibility index (Phi) is 8.66. The average molecular weight is 845 g/mol. The second-order valence-corrected chi connectivity index (χ2v) is 10.4. The Labute approximate surface area is 199 Å². The third kappa shape index (κ3) is 6.14. The number of aromatic carboxylic acids is 1. The molecule has 0 bridgehead atoms. The Morgan fingerprint density at radius 1 is 1.00 bits per heavy atom. The molecule has 0 spiro atoms. The molecule has 0 aliphatic rings. The molecule has 0 aromatic heterocycles. The highest BCUT2D eigenvalue weighted by Crippen LogP contribution is 2.33. The molecule has 1 amide bonds. The Morgan fingerprint density at radius 2 is 1.42 bits per heavy atom. The average Bonchev–Trinajstić information content (AvgIpc) is 2.44. The van der Waals surface area contributed by atoms with E-state index in [1.165, 1.54) is 5.32 Å². The normalized spacial score (nSPS) is 13.4. The van der Waals surface area contributed by atoms with Crippen LogP contribution in [-0.4, -0.2) is 47.9 Å². The molecule has 1 atom stereocenters. The van der Waals surface area contributed by atoms with E-state index in [1.54, 1.807) is 45.2 Å². The number of rotatable bonds is 5. The van der Waals surface area contributed by atoms with Crippen molar-refractivity contribution in [3.8, 4) is 0 Å². The first kappa shape index (κ1) is 24.8. The van der Waals surface area contributed by atoms with E-state index in [4.69, 9.17) is 4.55 Å². The predicted octanol–water partition coefficient (Wildman–Crippen LogP) is 3.35. The van der Waals surface area contributed by atoms with Gasteiger partial charge in [0, 0.05) is 14.3 Å². The number of benzene rings is 1. The lowest BCUT2D eigenvalue weighted by Crippen LogP contribution is -2.50. The van der Waals surface area contributed by atoms with E-state index in [1.807, 2.05) is 45.2 Å². The van der Waals surface area contributed by atoms with Crippen LogP contribution >= 0.6 is 90.4 Å². The first-order valence-electron chi connectivity index (χ1n) is 5.99. The standard InChI is InChI=1S/C11H6F3I4NO6S/c12-11(13,14)2(1-26(23,24)25)19-9(20)3-4(10(21)22)6(16)8(18)7(17)5(3)15/h2H,1H2,(H,19,20)(H,21,22)(H,23,24,25). The van der Waals surface area contributed by atoms with Crippen molar-refractivity contribution in [1.82, 2.24) is 5.32 Å². The number of carbonyl (C=O) groups is 2. The van der Waals surface area contributed by atoms with Gasteiger partial charge in [-0.1, -0.05) is 0 Å². The highest BCUT2D eigenvalue weighted by atomic mass is 127. The fourth-order valence-corrected chi connectivity index (χ4v) is 6.06. The zero-order chi connectivity index (χ0) is 20.6. The van der Waals surface area contributed by atoms with Crippen molar-refractivity contribution in [3.05, 3.63) is 25.4 Å². The molecule has 0 heterocycles. The van der Waals surface area contributed by atoms with Crippen molar-refractivity contribution in [2.75, 3.05) is 5.75 Å². The monoisotopic (exact) mass is 845 g/mol. The summed E-state index contributed by atoms with van der Waals surface area (Å²) in [5.74, 6) is -4.73. The van der Waals surface area contributed by atoms with Crippen molar-refractivity contribution in [3.63, 3.8) is 0 Å². The number of halogens is 7. The minimum atomic E-state index is -5.18. The number of nitrogens with one attached hydrogen (secondary N) is 1. The van der Waals surface area contributed by atoms with E-state index in [9.17, 15) is 36.3 Å². The van der Waals surface area contributed by atoms with Crippen molar-refractivity contribution in [2.24, 2.45) is 0 Å². The quantitative estimate of drug-likeness (QED) is 0.181. The maximum absolute atomic E-state index is 13.0. The summed E-state index contributed by atoms with van der Waals surface area (Å²) in [4.78, 5) is 23.9. The molecular weight excluding hydrogens is 839 g/mol. The summed E-state index contributed by atoms with van der Waals surface area (Å²) in [7, 11) is -5.05. The van der Waals surface area contributed by atoms with Gasteiger partial charge in [-0.15, -0.1) is 0 Å².